The molecule has 2 bridgehead atoms. The molecule has 0 amide bonds. The maximum atomic E-state index is 11.1. The second-order valence-corrected chi connectivity index (χ2v) is 7.50. The molecule has 112 valence electrons. The van der Waals surface area contributed by atoms with Gasteiger partial charge in [0.15, 0.2) is 0 Å². The van der Waals surface area contributed by atoms with Crippen molar-refractivity contribution >= 4 is 6.47 Å². The van der Waals surface area contributed by atoms with Crippen LogP contribution in [0, 0.1) is 23.2 Å². The van der Waals surface area contributed by atoms with E-state index in [1.54, 1.807) is 11.1 Å². The minimum atomic E-state index is -0.141. The Hall–Kier alpha value is -0.790. The van der Waals surface area contributed by atoms with Gasteiger partial charge in [0.05, 0.1) is 0 Å². The summed E-state index contributed by atoms with van der Waals surface area (Å²) in [5.41, 5.74) is 3.33. The fourth-order valence-electron chi connectivity index (χ4n) is 6.14. The summed E-state index contributed by atoms with van der Waals surface area (Å²) in [5, 5.41) is 0. The molecule has 0 aliphatic heterocycles. The highest BCUT2D eigenvalue weighted by molar-refractivity contribution is 5.42. The number of ether oxygens (including phenoxy) is 1. The van der Waals surface area contributed by atoms with Crippen LogP contribution < -0.4 is 0 Å². The number of hydrogen-bond acceptors (Lipinski definition) is 2. The van der Waals surface area contributed by atoms with Crippen LogP contribution in [-0.4, -0.2) is 12.1 Å². The van der Waals surface area contributed by atoms with Crippen molar-refractivity contribution in [2.24, 2.45) is 23.2 Å². The normalized spacial score (nSPS) is 47.1. The highest BCUT2D eigenvalue weighted by Crippen LogP contribution is 2.73. The minimum Gasteiger partial charge on any atom is -0.461 e. The molecule has 0 spiro atoms. The van der Waals surface area contributed by atoms with Gasteiger partial charge in [-0.25, -0.2) is 0 Å². The zero-order chi connectivity index (χ0) is 14.5. The van der Waals surface area contributed by atoms with Crippen LogP contribution in [0.3, 0.4) is 0 Å². The number of allylic oxidation sites excluding steroid dienone is 2. The first-order valence-electron chi connectivity index (χ1n) is 8.30. The lowest BCUT2D eigenvalue weighted by Gasteiger charge is -2.44. The summed E-state index contributed by atoms with van der Waals surface area (Å²) in [6.45, 7) is 10.0. The SMILES string of the molecule is CC/C(C)=C(/C)C12CC(OC=O)(CC1C)C1CCCC12. The van der Waals surface area contributed by atoms with Gasteiger partial charge in [-0.1, -0.05) is 31.4 Å². The third kappa shape index (κ3) is 1.54. The fraction of sp³-hybridized carbons (Fsp3) is 0.833. The monoisotopic (exact) mass is 276 g/mol. The zero-order valence-corrected chi connectivity index (χ0v) is 13.4. The lowest BCUT2D eigenvalue weighted by Crippen LogP contribution is -2.41. The van der Waals surface area contributed by atoms with E-state index in [0.717, 1.165) is 31.7 Å². The number of hydrogen-bond donors (Lipinski definition) is 0. The molecule has 3 rings (SSSR count). The average molecular weight is 276 g/mol. The molecule has 20 heavy (non-hydrogen) atoms. The molecule has 0 radical (unpaired) electrons. The summed E-state index contributed by atoms with van der Waals surface area (Å²) >= 11 is 0. The van der Waals surface area contributed by atoms with Crippen molar-refractivity contribution in [3.05, 3.63) is 11.1 Å². The first-order valence-corrected chi connectivity index (χ1v) is 8.30. The van der Waals surface area contributed by atoms with Crippen LogP contribution in [0.5, 0.6) is 0 Å². The van der Waals surface area contributed by atoms with Gasteiger partial charge in [-0.2, -0.15) is 0 Å². The minimum absolute atomic E-state index is 0.141. The first kappa shape index (κ1) is 14.2. The average Bonchev–Trinajstić information content (AvgIpc) is 3.07. The van der Waals surface area contributed by atoms with E-state index >= 15 is 0 Å². The van der Waals surface area contributed by atoms with E-state index in [4.69, 9.17) is 4.74 Å². The summed E-state index contributed by atoms with van der Waals surface area (Å²) in [7, 11) is 0. The van der Waals surface area contributed by atoms with Crippen molar-refractivity contribution in [1.82, 2.24) is 0 Å². The van der Waals surface area contributed by atoms with Crippen molar-refractivity contribution in [3.63, 3.8) is 0 Å². The predicted molar refractivity (Wildman–Crippen MR) is 80.2 cm³/mol. The summed E-state index contributed by atoms with van der Waals surface area (Å²) in [4.78, 5) is 11.1. The summed E-state index contributed by atoms with van der Waals surface area (Å²) in [6.07, 6.45) is 7.18. The Kier molecular flexibility index (Phi) is 3.26. The topological polar surface area (TPSA) is 26.3 Å². The van der Waals surface area contributed by atoms with Crippen LogP contribution in [-0.2, 0) is 9.53 Å². The van der Waals surface area contributed by atoms with Gasteiger partial charge in [0.25, 0.3) is 6.47 Å². The molecule has 0 aromatic rings. The zero-order valence-electron chi connectivity index (χ0n) is 13.4. The van der Waals surface area contributed by atoms with E-state index in [1.807, 2.05) is 0 Å². The van der Waals surface area contributed by atoms with Gasteiger partial charge in [0.1, 0.15) is 5.60 Å². The number of rotatable bonds is 4. The maximum Gasteiger partial charge on any atom is 0.293 e. The van der Waals surface area contributed by atoms with Gasteiger partial charge < -0.3 is 4.74 Å². The Bertz CT molecular complexity index is 452. The van der Waals surface area contributed by atoms with Gasteiger partial charge in [-0.05, 0) is 57.8 Å². The molecule has 3 aliphatic carbocycles. The van der Waals surface area contributed by atoms with Gasteiger partial charge in [0, 0.05) is 11.3 Å². The molecular formula is C18H28O2. The van der Waals surface area contributed by atoms with E-state index in [1.165, 1.54) is 19.3 Å². The third-order valence-electron chi connectivity index (χ3n) is 7.13. The van der Waals surface area contributed by atoms with Crippen LogP contribution in [0.15, 0.2) is 11.1 Å². The molecule has 0 saturated heterocycles. The van der Waals surface area contributed by atoms with E-state index in [-0.39, 0.29) is 5.60 Å². The Balaban J connectivity index is 2.09. The number of carbonyl (C=O) groups is 1. The highest BCUT2D eigenvalue weighted by Gasteiger charge is 2.71. The largest absolute Gasteiger partial charge is 0.461 e. The van der Waals surface area contributed by atoms with Crippen molar-refractivity contribution in [3.8, 4) is 0 Å². The quantitative estimate of drug-likeness (QED) is 0.558. The summed E-state index contributed by atoms with van der Waals surface area (Å²) in [6, 6.07) is 0. The standard InChI is InChI=1S/C18H28O2/c1-5-12(2)14(4)18-10-17(20-11-19,9-13(18)3)15-7-6-8-16(15)18/h11,13,15-16H,5-10H2,1-4H3/b14-12-. The molecule has 2 heteroatoms. The highest BCUT2D eigenvalue weighted by atomic mass is 16.5. The van der Waals surface area contributed by atoms with Crippen molar-refractivity contribution in [2.45, 2.75) is 71.8 Å². The van der Waals surface area contributed by atoms with Gasteiger partial charge in [-0.3, -0.25) is 4.79 Å². The summed E-state index contributed by atoms with van der Waals surface area (Å²) in [5.74, 6) is 2.00. The van der Waals surface area contributed by atoms with Crippen LogP contribution in [0.1, 0.15) is 66.2 Å². The van der Waals surface area contributed by atoms with Crippen molar-refractivity contribution < 1.29 is 9.53 Å². The molecule has 0 heterocycles. The van der Waals surface area contributed by atoms with E-state index in [0.29, 0.717) is 17.3 Å². The van der Waals surface area contributed by atoms with Crippen molar-refractivity contribution in [2.75, 3.05) is 0 Å². The van der Waals surface area contributed by atoms with E-state index < -0.39 is 0 Å². The van der Waals surface area contributed by atoms with Gasteiger partial charge >= 0.3 is 0 Å². The predicted octanol–water partition coefficient (Wildman–Crippen LogP) is 4.49. The van der Waals surface area contributed by atoms with Crippen LogP contribution in [0.25, 0.3) is 0 Å². The third-order valence-corrected chi connectivity index (χ3v) is 7.13. The molecule has 0 aromatic heterocycles. The van der Waals surface area contributed by atoms with E-state index in [2.05, 4.69) is 27.7 Å². The van der Waals surface area contributed by atoms with Gasteiger partial charge in [0.2, 0.25) is 0 Å². The Morgan fingerprint density at radius 2 is 2.00 bits per heavy atom. The molecule has 3 fully saturated rings. The summed E-state index contributed by atoms with van der Waals surface area (Å²) < 4.78 is 5.75. The van der Waals surface area contributed by atoms with E-state index in [9.17, 15) is 4.79 Å². The molecule has 0 N–H and O–H groups in total. The molecule has 2 nitrogen and oxygen atoms in total. The number of carbonyl (C=O) groups excluding carboxylic acids is 1. The lowest BCUT2D eigenvalue weighted by molar-refractivity contribution is -0.149. The Morgan fingerprint density at radius 3 is 2.65 bits per heavy atom. The fourth-order valence-corrected chi connectivity index (χ4v) is 6.14. The smallest absolute Gasteiger partial charge is 0.293 e. The lowest BCUT2D eigenvalue weighted by atomic mass is 9.61. The Labute approximate surface area is 123 Å². The maximum absolute atomic E-state index is 11.1. The molecular weight excluding hydrogens is 248 g/mol. The molecule has 3 saturated carbocycles. The van der Waals surface area contributed by atoms with Crippen LogP contribution in [0.2, 0.25) is 0 Å². The Morgan fingerprint density at radius 1 is 1.30 bits per heavy atom. The number of fused-ring (bicyclic) bond motifs is 5. The van der Waals surface area contributed by atoms with Crippen LogP contribution in [0.4, 0.5) is 0 Å². The van der Waals surface area contributed by atoms with Crippen molar-refractivity contribution in [1.29, 1.82) is 0 Å². The van der Waals surface area contributed by atoms with Gasteiger partial charge in [-0.15, -0.1) is 0 Å². The molecule has 5 unspecified atom stereocenters. The first-order chi connectivity index (χ1) is 9.51. The molecule has 0 aromatic carbocycles. The van der Waals surface area contributed by atoms with Crippen LogP contribution >= 0.6 is 0 Å². The second kappa shape index (κ2) is 4.61. The molecule has 5 atom stereocenters. The second-order valence-electron chi connectivity index (χ2n) is 7.50. The molecule has 3 aliphatic rings.